The van der Waals surface area contributed by atoms with Crippen LogP contribution >= 0.6 is 23.1 Å². The van der Waals surface area contributed by atoms with Gasteiger partial charge in [-0.05, 0) is 6.42 Å². The van der Waals surface area contributed by atoms with E-state index in [0.29, 0.717) is 0 Å². The topological polar surface area (TPSA) is 41.4 Å². The number of hydrogen-bond donors (Lipinski definition) is 0. The fourth-order valence-electron chi connectivity index (χ4n) is 3.29. The van der Waals surface area contributed by atoms with E-state index in [1.807, 2.05) is 30.8 Å². The third-order valence-electron chi connectivity index (χ3n) is 5.02. The second-order valence-electron chi connectivity index (χ2n) is 8.21. The molecule has 0 radical (unpaired) electrons. The van der Waals surface area contributed by atoms with Gasteiger partial charge in [0.05, 0.1) is 6.34 Å². The number of aromatic nitrogens is 2. The zero-order valence-corrected chi connectivity index (χ0v) is 20.8. The molecule has 1 heterocycles. The molecule has 0 aromatic carbocycles. The lowest BCUT2D eigenvalue weighted by molar-refractivity contribution is 0.531. The average molecular weight is 441 g/mol. The molecule has 0 amide bonds. The molecular formula is C23H44N4S2. The van der Waals surface area contributed by atoms with Crippen molar-refractivity contribution >= 4 is 34.6 Å². The molecule has 29 heavy (non-hydrogen) atoms. The van der Waals surface area contributed by atoms with Crippen LogP contribution in [0.15, 0.2) is 9.33 Å². The maximum atomic E-state index is 4.29. The highest BCUT2D eigenvalue weighted by atomic mass is 32.2. The molecule has 0 saturated carbocycles. The van der Waals surface area contributed by atoms with Gasteiger partial charge in [-0.25, -0.2) is 4.99 Å². The molecule has 6 heteroatoms. The van der Waals surface area contributed by atoms with Gasteiger partial charge in [0.2, 0.25) is 5.13 Å². The van der Waals surface area contributed by atoms with Gasteiger partial charge in [0.25, 0.3) is 0 Å². The zero-order chi connectivity index (χ0) is 21.0. The Hall–Kier alpha value is -0.620. The van der Waals surface area contributed by atoms with Crippen molar-refractivity contribution in [3.63, 3.8) is 0 Å². The summed E-state index contributed by atoms with van der Waals surface area (Å²) >= 11 is 3.40. The van der Waals surface area contributed by atoms with Crippen LogP contribution in [0.2, 0.25) is 0 Å². The van der Waals surface area contributed by atoms with Crippen molar-refractivity contribution < 1.29 is 0 Å². The molecule has 0 bridgehead atoms. The first-order valence-electron chi connectivity index (χ1n) is 11.9. The van der Waals surface area contributed by atoms with Crippen molar-refractivity contribution in [2.75, 3.05) is 19.8 Å². The molecule has 0 aliphatic rings. The van der Waals surface area contributed by atoms with Crippen LogP contribution in [0.25, 0.3) is 0 Å². The van der Waals surface area contributed by atoms with Crippen LogP contribution in [0.3, 0.4) is 0 Å². The van der Waals surface area contributed by atoms with Crippen molar-refractivity contribution in [2.24, 2.45) is 4.99 Å². The first kappa shape index (κ1) is 26.4. The van der Waals surface area contributed by atoms with Gasteiger partial charge in [0.1, 0.15) is 0 Å². The molecule has 0 aliphatic heterocycles. The van der Waals surface area contributed by atoms with Crippen LogP contribution in [0.1, 0.15) is 110 Å². The Bertz CT molecular complexity index is 503. The first-order chi connectivity index (χ1) is 14.2. The van der Waals surface area contributed by atoms with Crippen LogP contribution in [0.5, 0.6) is 0 Å². The number of nitrogens with zero attached hydrogens (tertiary/aromatic N) is 4. The van der Waals surface area contributed by atoms with Gasteiger partial charge in [-0.2, -0.15) is 0 Å². The predicted octanol–water partition coefficient (Wildman–Crippen LogP) is 8.11. The average Bonchev–Trinajstić information content (AvgIpc) is 3.16. The fraction of sp³-hybridized carbons (Fsp3) is 0.870. The molecule has 0 fully saturated rings. The van der Waals surface area contributed by atoms with Crippen LogP contribution in [0, 0.1) is 0 Å². The van der Waals surface area contributed by atoms with Crippen molar-refractivity contribution in [3.8, 4) is 0 Å². The standard InChI is InChI=1S/C23H44N4S2/c1-4-5-6-7-8-9-10-11-12-13-14-15-16-17-18-19-20-28-23-26-25-22(29-23)24-21-27(2)3/h21H,4-20H2,1-3H3/b24-21+. The molecule has 168 valence electrons. The molecule has 1 aromatic rings. The highest BCUT2D eigenvalue weighted by molar-refractivity contribution is 8.01. The molecule has 0 atom stereocenters. The third-order valence-corrected chi connectivity index (χ3v) is 7.07. The largest absolute Gasteiger partial charge is 0.369 e. The molecular weight excluding hydrogens is 396 g/mol. The van der Waals surface area contributed by atoms with E-state index in [-0.39, 0.29) is 0 Å². The van der Waals surface area contributed by atoms with Crippen LogP contribution in [-0.4, -0.2) is 41.3 Å². The number of aliphatic imine (C=N–C) groups is 1. The monoisotopic (exact) mass is 440 g/mol. The Labute approximate surface area is 188 Å². The number of rotatable bonds is 20. The number of hydrogen-bond acceptors (Lipinski definition) is 5. The molecule has 0 saturated heterocycles. The van der Waals surface area contributed by atoms with E-state index in [1.165, 1.54) is 103 Å². The fourth-order valence-corrected chi connectivity index (χ4v) is 5.04. The van der Waals surface area contributed by atoms with Gasteiger partial charge in [-0.1, -0.05) is 126 Å². The maximum absolute atomic E-state index is 4.29. The molecule has 0 N–H and O–H groups in total. The van der Waals surface area contributed by atoms with Crippen molar-refractivity contribution in [1.29, 1.82) is 0 Å². The first-order valence-corrected chi connectivity index (χ1v) is 13.7. The molecule has 1 rings (SSSR count). The van der Waals surface area contributed by atoms with E-state index in [2.05, 4.69) is 22.1 Å². The normalized spacial score (nSPS) is 11.6. The van der Waals surface area contributed by atoms with E-state index < -0.39 is 0 Å². The summed E-state index contributed by atoms with van der Waals surface area (Å²) in [4.78, 5) is 6.19. The van der Waals surface area contributed by atoms with Gasteiger partial charge < -0.3 is 4.90 Å². The lowest BCUT2D eigenvalue weighted by Crippen LogP contribution is -2.06. The summed E-state index contributed by atoms with van der Waals surface area (Å²) in [6.07, 6.45) is 24.5. The van der Waals surface area contributed by atoms with E-state index in [0.717, 1.165) is 15.2 Å². The van der Waals surface area contributed by atoms with Crippen LogP contribution < -0.4 is 0 Å². The summed E-state index contributed by atoms with van der Waals surface area (Å²) in [5.41, 5.74) is 0. The summed E-state index contributed by atoms with van der Waals surface area (Å²) in [5, 5.41) is 9.05. The Morgan fingerprint density at radius 1 is 0.759 bits per heavy atom. The smallest absolute Gasteiger partial charge is 0.233 e. The molecule has 4 nitrogen and oxygen atoms in total. The van der Waals surface area contributed by atoms with E-state index in [4.69, 9.17) is 0 Å². The van der Waals surface area contributed by atoms with Crippen molar-refractivity contribution in [1.82, 2.24) is 15.1 Å². The van der Waals surface area contributed by atoms with E-state index in [9.17, 15) is 0 Å². The Morgan fingerprint density at radius 3 is 1.72 bits per heavy atom. The maximum Gasteiger partial charge on any atom is 0.233 e. The van der Waals surface area contributed by atoms with E-state index >= 15 is 0 Å². The third kappa shape index (κ3) is 16.8. The lowest BCUT2D eigenvalue weighted by Gasteiger charge is -2.03. The minimum Gasteiger partial charge on any atom is -0.369 e. The van der Waals surface area contributed by atoms with Crippen molar-refractivity contribution in [2.45, 2.75) is 114 Å². The minimum absolute atomic E-state index is 0.744. The summed E-state index contributed by atoms with van der Waals surface area (Å²) in [6.45, 7) is 2.29. The number of unbranched alkanes of at least 4 members (excludes halogenated alkanes) is 15. The lowest BCUT2D eigenvalue weighted by atomic mass is 10.0. The number of thioether (sulfide) groups is 1. The molecule has 0 spiro atoms. The summed E-state index contributed by atoms with van der Waals surface area (Å²) in [5.74, 6) is 1.14. The quantitative estimate of drug-likeness (QED) is 0.0888. The highest BCUT2D eigenvalue weighted by Gasteiger charge is 2.03. The van der Waals surface area contributed by atoms with E-state index in [1.54, 1.807) is 17.7 Å². The van der Waals surface area contributed by atoms with Gasteiger partial charge >= 0.3 is 0 Å². The molecule has 1 aromatic heterocycles. The Balaban J connectivity index is 1.80. The second kappa shape index (κ2) is 19.3. The van der Waals surface area contributed by atoms with Gasteiger partial charge in [-0.15, -0.1) is 10.2 Å². The molecule has 0 unspecified atom stereocenters. The predicted molar refractivity (Wildman–Crippen MR) is 132 cm³/mol. The Morgan fingerprint density at radius 2 is 1.24 bits per heavy atom. The summed E-state index contributed by atoms with van der Waals surface area (Å²) in [6, 6.07) is 0. The van der Waals surface area contributed by atoms with Crippen molar-refractivity contribution in [3.05, 3.63) is 0 Å². The Kier molecular flexibility index (Phi) is 17.6. The van der Waals surface area contributed by atoms with Gasteiger partial charge in [0, 0.05) is 19.8 Å². The SMILES string of the molecule is CCCCCCCCCCCCCCCCCCSc1nnc(/N=C/N(C)C)s1. The second-order valence-corrected chi connectivity index (χ2v) is 10.5. The van der Waals surface area contributed by atoms with Gasteiger partial charge in [-0.3, -0.25) is 0 Å². The van der Waals surface area contributed by atoms with Crippen LogP contribution in [-0.2, 0) is 0 Å². The minimum atomic E-state index is 0.744. The van der Waals surface area contributed by atoms with Crippen LogP contribution in [0.4, 0.5) is 5.13 Å². The summed E-state index contributed by atoms with van der Waals surface area (Å²) < 4.78 is 1.04. The zero-order valence-electron chi connectivity index (χ0n) is 19.2. The highest BCUT2D eigenvalue weighted by Crippen LogP contribution is 2.28. The molecule has 0 aliphatic carbocycles. The summed E-state index contributed by atoms with van der Waals surface area (Å²) in [7, 11) is 3.91. The van der Waals surface area contributed by atoms with Gasteiger partial charge in [0.15, 0.2) is 4.34 Å².